The third kappa shape index (κ3) is 2.48. The molecule has 0 N–H and O–H groups in total. The summed E-state index contributed by atoms with van der Waals surface area (Å²) >= 11 is 0. The van der Waals surface area contributed by atoms with E-state index in [0.29, 0.717) is 5.92 Å². The molecule has 0 aromatic rings. The van der Waals surface area contributed by atoms with Gasteiger partial charge in [0, 0.05) is 6.04 Å². The zero-order valence-electron chi connectivity index (χ0n) is 10.4. The van der Waals surface area contributed by atoms with Crippen molar-refractivity contribution < 1.29 is 9.00 Å². The minimum absolute atomic E-state index is 0.120. The van der Waals surface area contributed by atoms with Crippen molar-refractivity contribution in [2.75, 3.05) is 0 Å². The molecule has 0 spiro atoms. The molecule has 3 nitrogen and oxygen atoms in total. The number of hydrogen-bond acceptors (Lipinski definition) is 2. The average molecular weight is 231 g/mol. The molecule has 0 aliphatic carbocycles. The first-order valence-corrected chi connectivity index (χ1v) is 6.49. The van der Waals surface area contributed by atoms with Crippen LogP contribution in [-0.4, -0.2) is 31.1 Å². The molecule has 1 rings (SSSR count). The van der Waals surface area contributed by atoms with Crippen LogP contribution in [0.15, 0.2) is 0 Å². The van der Waals surface area contributed by atoms with Crippen LogP contribution >= 0.6 is 0 Å². The summed E-state index contributed by atoms with van der Waals surface area (Å²) < 4.78 is 13.7. The molecular formula is C11H21NO2S. The van der Waals surface area contributed by atoms with Gasteiger partial charge in [-0.15, -0.1) is 0 Å². The van der Waals surface area contributed by atoms with Crippen molar-refractivity contribution in [2.24, 2.45) is 5.92 Å². The molecule has 1 aliphatic rings. The third-order valence-electron chi connectivity index (χ3n) is 2.62. The maximum atomic E-state index is 12.1. The number of hydrogen-bond donors (Lipinski definition) is 0. The lowest BCUT2D eigenvalue weighted by Crippen LogP contribution is -2.29. The fraction of sp³-hybridized carbons (Fsp3) is 0.909. The molecule has 4 atom stereocenters. The number of carbonyl (C=O) groups is 1. The summed E-state index contributed by atoms with van der Waals surface area (Å²) in [5.74, 6) is 0.511. The van der Waals surface area contributed by atoms with E-state index in [4.69, 9.17) is 0 Å². The molecule has 1 aliphatic heterocycles. The Morgan fingerprint density at radius 1 is 1.33 bits per heavy atom. The van der Waals surface area contributed by atoms with E-state index in [1.165, 1.54) is 0 Å². The highest BCUT2D eigenvalue weighted by Crippen LogP contribution is 2.39. The summed E-state index contributed by atoms with van der Waals surface area (Å²) in [4.78, 5) is 11.4. The standard InChI is InChI=1S/C11H21NO2S/c1-7(2)9-10(8(3)13)12(9)15(14)11(4,5)6/h7,9-10H,1-6H3. The van der Waals surface area contributed by atoms with Crippen LogP contribution in [0.5, 0.6) is 0 Å². The molecule has 1 heterocycles. The Balaban J connectivity index is 2.81. The molecule has 0 radical (unpaired) electrons. The van der Waals surface area contributed by atoms with E-state index in [0.717, 1.165) is 0 Å². The Hall–Kier alpha value is -0.220. The fourth-order valence-corrected chi connectivity index (χ4v) is 3.47. The summed E-state index contributed by atoms with van der Waals surface area (Å²) in [5, 5.41) is 0. The van der Waals surface area contributed by atoms with Crippen molar-refractivity contribution in [3.63, 3.8) is 0 Å². The van der Waals surface area contributed by atoms with Gasteiger partial charge < -0.3 is 0 Å². The average Bonchev–Trinajstić information content (AvgIpc) is 2.74. The molecule has 88 valence electrons. The van der Waals surface area contributed by atoms with E-state index in [-0.39, 0.29) is 22.6 Å². The molecule has 15 heavy (non-hydrogen) atoms. The number of rotatable bonds is 3. The van der Waals surface area contributed by atoms with Gasteiger partial charge in [-0.3, -0.25) is 4.79 Å². The Labute approximate surface area is 94.8 Å². The molecule has 0 amide bonds. The minimum atomic E-state index is -1.07. The molecule has 0 aromatic heterocycles. The lowest BCUT2D eigenvalue weighted by molar-refractivity contribution is -0.117. The van der Waals surface area contributed by atoms with Crippen molar-refractivity contribution in [1.29, 1.82) is 0 Å². The Morgan fingerprint density at radius 2 is 1.80 bits per heavy atom. The highest BCUT2D eigenvalue weighted by molar-refractivity contribution is 7.84. The van der Waals surface area contributed by atoms with Crippen LogP contribution < -0.4 is 0 Å². The van der Waals surface area contributed by atoms with Crippen LogP contribution in [-0.2, 0) is 15.8 Å². The molecule has 1 fully saturated rings. The van der Waals surface area contributed by atoms with Gasteiger partial charge in [-0.05, 0) is 33.6 Å². The van der Waals surface area contributed by atoms with Crippen LogP contribution in [0.3, 0.4) is 0 Å². The number of nitrogens with zero attached hydrogens (tertiary/aromatic N) is 1. The van der Waals surface area contributed by atoms with Crippen LogP contribution in [0, 0.1) is 5.92 Å². The van der Waals surface area contributed by atoms with Crippen LogP contribution in [0.2, 0.25) is 0 Å². The molecule has 1 saturated heterocycles. The number of ketones is 1. The topological polar surface area (TPSA) is 37.1 Å². The fourth-order valence-electron chi connectivity index (χ4n) is 1.84. The largest absolute Gasteiger partial charge is 0.298 e. The first-order valence-electron chi connectivity index (χ1n) is 5.38. The first kappa shape index (κ1) is 12.8. The van der Waals surface area contributed by atoms with Crippen LogP contribution in [0.1, 0.15) is 41.5 Å². The second kappa shape index (κ2) is 3.98. The highest BCUT2D eigenvalue weighted by atomic mass is 32.2. The predicted molar refractivity (Wildman–Crippen MR) is 62.8 cm³/mol. The monoisotopic (exact) mass is 231 g/mol. The molecule has 0 aromatic carbocycles. The SMILES string of the molecule is CC(=O)C1C(C(C)C)N1S(=O)C(C)(C)C. The summed E-state index contributed by atoms with van der Waals surface area (Å²) in [6.07, 6.45) is 0. The van der Waals surface area contributed by atoms with E-state index in [2.05, 4.69) is 13.8 Å². The predicted octanol–water partition coefficient (Wildman–Crippen LogP) is 1.75. The summed E-state index contributed by atoms with van der Waals surface area (Å²) in [6.45, 7) is 11.5. The molecular weight excluding hydrogens is 210 g/mol. The van der Waals surface area contributed by atoms with Crippen LogP contribution in [0.25, 0.3) is 0 Å². The van der Waals surface area contributed by atoms with Gasteiger partial charge in [0.15, 0.2) is 0 Å². The molecule has 4 heteroatoms. The first-order chi connectivity index (χ1) is 6.68. The Morgan fingerprint density at radius 3 is 2.00 bits per heavy atom. The Bertz CT molecular complexity index is 293. The van der Waals surface area contributed by atoms with Gasteiger partial charge in [-0.1, -0.05) is 13.8 Å². The normalized spacial score (nSPS) is 32.9. The minimum Gasteiger partial charge on any atom is -0.298 e. The van der Waals surface area contributed by atoms with Gasteiger partial charge in [0.2, 0.25) is 0 Å². The third-order valence-corrected chi connectivity index (χ3v) is 4.52. The van der Waals surface area contributed by atoms with E-state index in [9.17, 15) is 9.00 Å². The summed E-state index contributed by atoms with van der Waals surface area (Å²) in [5.41, 5.74) is 0. The van der Waals surface area contributed by atoms with Gasteiger partial charge in [0.1, 0.15) is 16.8 Å². The van der Waals surface area contributed by atoms with Gasteiger partial charge in [-0.25, -0.2) is 8.51 Å². The zero-order valence-corrected chi connectivity index (χ0v) is 11.2. The van der Waals surface area contributed by atoms with Crippen molar-refractivity contribution in [3.8, 4) is 0 Å². The second-order valence-electron chi connectivity index (χ2n) is 5.51. The zero-order chi connectivity index (χ0) is 12.0. The van der Waals surface area contributed by atoms with Crippen molar-refractivity contribution >= 4 is 16.8 Å². The van der Waals surface area contributed by atoms with Crippen molar-refractivity contribution in [3.05, 3.63) is 0 Å². The maximum absolute atomic E-state index is 12.1. The van der Waals surface area contributed by atoms with E-state index < -0.39 is 11.0 Å². The van der Waals surface area contributed by atoms with Gasteiger partial charge >= 0.3 is 0 Å². The number of carbonyl (C=O) groups excluding carboxylic acids is 1. The smallest absolute Gasteiger partial charge is 0.149 e. The van der Waals surface area contributed by atoms with Crippen molar-refractivity contribution in [1.82, 2.24) is 4.31 Å². The molecule has 4 unspecified atom stereocenters. The van der Waals surface area contributed by atoms with Crippen molar-refractivity contribution in [2.45, 2.75) is 58.4 Å². The maximum Gasteiger partial charge on any atom is 0.149 e. The molecule has 0 bridgehead atoms. The van der Waals surface area contributed by atoms with Gasteiger partial charge in [0.05, 0.1) is 10.8 Å². The van der Waals surface area contributed by atoms with Crippen LogP contribution in [0.4, 0.5) is 0 Å². The lowest BCUT2D eigenvalue weighted by atomic mass is 10.1. The highest BCUT2D eigenvalue weighted by Gasteiger charge is 2.57. The summed E-state index contributed by atoms with van der Waals surface area (Å²) in [6, 6.07) is 0.0487. The van der Waals surface area contributed by atoms with Gasteiger partial charge in [-0.2, -0.15) is 0 Å². The quantitative estimate of drug-likeness (QED) is 0.694. The lowest BCUT2D eigenvalue weighted by Gasteiger charge is -2.19. The van der Waals surface area contributed by atoms with E-state index in [1.54, 1.807) is 6.92 Å². The second-order valence-corrected chi connectivity index (χ2v) is 7.66. The van der Waals surface area contributed by atoms with E-state index in [1.807, 2.05) is 25.1 Å². The number of Topliss-reactive ketones (excluding diaryl/α,β-unsaturated/α-hetero) is 1. The van der Waals surface area contributed by atoms with E-state index >= 15 is 0 Å². The Kier molecular flexibility index (Phi) is 3.41. The molecule has 0 saturated carbocycles. The van der Waals surface area contributed by atoms with Gasteiger partial charge in [0.25, 0.3) is 0 Å². The summed E-state index contributed by atoms with van der Waals surface area (Å²) in [7, 11) is -1.07.